The Morgan fingerprint density at radius 2 is 1.02 bits per heavy atom. The topological polar surface area (TPSA) is 149 Å². The van der Waals surface area contributed by atoms with Crippen molar-refractivity contribution in [3.8, 4) is 0 Å². The van der Waals surface area contributed by atoms with Crippen LogP contribution in [0.4, 0.5) is 0 Å². The minimum absolute atomic E-state index is 0.190. The summed E-state index contributed by atoms with van der Waals surface area (Å²) in [5.41, 5.74) is 0. The van der Waals surface area contributed by atoms with E-state index in [0.29, 0.717) is 6.42 Å². The second-order valence-corrected chi connectivity index (χ2v) is 16.2. The Kier molecular flexibility index (Phi) is 35.3. The van der Waals surface area contributed by atoms with Gasteiger partial charge in [0, 0.05) is 6.42 Å². The quantitative estimate of drug-likeness (QED) is 0.0268. The number of hydrogen-bond acceptors (Lipinski definition) is 8. The van der Waals surface area contributed by atoms with Gasteiger partial charge in [0.15, 0.2) is 6.29 Å². The average Bonchev–Trinajstić information content (AvgIpc) is 3.20. The van der Waals surface area contributed by atoms with Crippen molar-refractivity contribution in [2.24, 2.45) is 0 Å². The molecule has 1 rings (SSSR count). The van der Waals surface area contributed by atoms with E-state index in [4.69, 9.17) is 9.47 Å². The first-order chi connectivity index (χ1) is 27.3. The van der Waals surface area contributed by atoms with E-state index in [-0.39, 0.29) is 12.5 Å². The molecule has 1 fully saturated rings. The molecule has 6 N–H and O–H groups in total. The zero-order valence-electron chi connectivity index (χ0n) is 35.9. The van der Waals surface area contributed by atoms with Crippen LogP contribution < -0.4 is 5.32 Å². The number of allylic oxidation sites excluding steroid dienone is 5. The third-order valence-electron chi connectivity index (χ3n) is 10.9. The Balaban J connectivity index is 2.26. The van der Waals surface area contributed by atoms with Gasteiger partial charge >= 0.3 is 0 Å². The first kappa shape index (κ1) is 52.4. The molecule has 0 aromatic heterocycles. The zero-order valence-corrected chi connectivity index (χ0v) is 35.9. The van der Waals surface area contributed by atoms with Crippen LogP contribution in [0.1, 0.15) is 200 Å². The van der Waals surface area contributed by atoms with Gasteiger partial charge in [-0.3, -0.25) is 4.79 Å². The number of ether oxygens (including phenoxy) is 2. The summed E-state index contributed by atoms with van der Waals surface area (Å²) in [6.07, 6.45) is 39.2. The minimum Gasteiger partial charge on any atom is -0.394 e. The summed E-state index contributed by atoms with van der Waals surface area (Å²) in [7, 11) is 0. The number of unbranched alkanes of at least 4 members (excludes halogenated alkanes) is 24. The van der Waals surface area contributed by atoms with Gasteiger partial charge in [-0.2, -0.15) is 0 Å². The number of nitrogens with one attached hydrogen (secondary N) is 1. The molecule has 1 saturated heterocycles. The lowest BCUT2D eigenvalue weighted by Crippen LogP contribution is -2.60. The van der Waals surface area contributed by atoms with Gasteiger partial charge in [-0.1, -0.05) is 172 Å². The summed E-state index contributed by atoms with van der Waals surface area (Å²) in [5, 5.41) is 54.0. The number of carbonyl (C=O) groups is 1. The molecule has 56 heavy (non-hydrogen) atoms. The predicted octanol–water partition coefficient (Wildman–Crippen LogP) is 9.67. The molecule has 0 aromatic rings. The molecular weight excluding hydrogens is 707 g/mol. The summed E-state index contributed by atoms with van der Waals surface area (Å²) < 4.78 is 11.2. The van der Waals surface area contributed by atoms with Crippen molar-refractivity contribution in [1.29, 1.82) is 0 Å². The van der Waals surface area contributed by atoms with E-state index in [1.54, 1.807) is 6.08 Å². The molecule has 0 bridgehead atoms. The Bertz CT molecular complexity index is 972. The van der Waals surface area contributed by atoms with E-state index in [1.165, 1.54) is 141 Å². The summed E-state index contributed by atoms with van der Waals surface area (Å²) >= 11 is 0. The monoisotopic (exact) mass is 794 g/mol. The summed E-state index contributed by atoms with van der Waals surface area (Å²) in [6, 6.07) is -0.818. The van der Waals surface area contributed by atoms with Crippen LogP contribution >= 0.6 is 0 Å². The van der Waals surface area contributed by atoms with E-state index in [1.807, 2.05) is 6.08 Å². The van der Waals surface area contributed by atoms with Crippen LogP contribution in [0, 0.1) is 0 Å². The highest BCUT2D eigenvalue weighted by molar-refractivity contribution is 5.76. The first-order valence-electron chi connectivity index (χ1n) is 23.2. The van der Waals surface area contributed by atoms with Crippen LogP contribution in [0.25, 0.3) is 0 Å². The lowest BCUT2D eigenvalue weighted by molar-refractivity contribution is -0.302. The maximum absolute atomic E-state index is 12.9. The molecule has 0 aliphatic carbocycles. The third kappa shape index (κ3) is 27.9. The van der Waals surface area contributed by atoms with E-state index in [2.05, 4.69) is 43.5 Å². The number of aliphatic hydroxyl groups excluding tert-OH is 5. The fraction of sp³-hybridized carbons (Fsp3) is 0.851. The molecule has 0 saturated carbocycles. The fourth-order valence-electron chi connectivity index (χ4n) is 7.17. The lowest BCUT2D eigenvalue weighted by Gasteiger charge is -2.40. The highest BCUT2D eigenvalue weighted by atomic mass is 16.7. The third-order valence-corrected chi connectivity index (χ3v) is 10.9. The number of rotatable bonds is 38. The van der Waals surface area contributed by atoms with Crippen LogP contribution in [0.2, 0.25) is 0 Å². The molecule has 1 heterocycles. The van der Waals surface area contributed by atoms with Crippen molar-refractivity contribution < 1.29 is 39.8 Å². The van der Waals surface area contributed by atoms with Crippen molar-refractivity contribution in [2.75, 3.05) is 13.2 Å². The minimum atomic E-state index is -1.57. The van der Waals surface area contributed by atoms with Crippen molar-refractivity contribution in [3.05, 3.63) is 36.5 Å². The molecule has 1 amide bonds. The molecule has 0 spiro atoms. The van der Waals surface area contributed by atoms with Gasteiger partial charge in [-0.25, -0.2) is 0 Å². The molecule has 9 nitrogen and oxygen atoms in total. The number of hydrogen-bond donors (Lipinski definition) is 6. The maximum atomic E-state index is 12.9. The molecule has 1 aliphatic rings. The van der Waals surface area contributed by atoms with Gasteiger partial charge in [0.25, 0.3) is 0 Å². The standard InChI is InChI=1S/C47H87NO8/c1-3-5-7-9-11-13-15-16-17-18-19-20-21-22-23-24-25-26-27-29-31-33-35-37-43(51)48-40(39-55-47-46(54)45(53)44(52)42(38-49)56-47)41(50)36-34-32-30-28-14-12-10-8-6-4-2/h14,18-19,28,34,36,40-42,44-47,49-50,52-54H,3-13,15-17,20-27,29-33,35,37-39H2,1-2H3,(H,48,51)/b19-18-,28-14+,36-34+. The average molecular weight is 794 g/mol. The highest BCUT2D eigenvalue weighted by Gasteiger charge is 2.44. The van der Waals surface area contributed by atoms with Gasteiger partial charge < -0.3 is 40.3 Å². The Morgan fingerprint density at radius 1 is 0.589 bits per heavy atom. The smallest absolute Gasteiger partial charge is 0.220 e. The van der Waals surface area contributed by atoms with Crippen LogP contribution in [-0.2, 0) is 14.3 Å². The molecule has 9 heteroatoms. The second kappa shape index (κ2) is 37.7. The van der Waals surface area contributed by atoms with Gasteiger partial charge in [0.05, 0.1) is 25.4 Å². The van der Waals surface area contributed by atoms with E-state index in [9.17, 15) is 30.3 Å². The van der Waals surface area contributed by atoms with Crippen molar-refractivity contribution in [3.63, 3.8) is 0 Å². The highest BCUT2D eigenvalue weighted by Crippen LogP contribution is 2.22. The van der Waals surface area contributed by atoms with Crippen molar-refractivity contribution in [1.82, 2.24) is 5.32 Å². The molecular formula is C47H87NO8. The van der Waals surface area contributed by atoms with Crippen molar-refractivity contribution >= 4 is 5.91 Å². The Hall–Kier alpha value is -1.59. The normalized spacial score (nSPS) is 21.4. The molecule has 7 atom stereocenters. The van der Waals surface area contributed by atoms with Gasteiger partial charge in [-0.05, 0) is 57.8 Å². The van der Waals surface area contributed by atoms with Crippen LogP contribution in [0.5, 0.6) is 0 Å². The molecule has 328 valence electrons. The lowest BCUT2D eigenvalue weighted by atomic mass is 9.99. The van der Waals surface area contributed by atoms with Crippen LogP contribution in [0.3, 0.4) is 0 Å². The summed E-state index contributed by atoms with van der Waals surface area (Å²) in [5.74, 6) is -0.190. The largest absolute Gasteiger partial charge is 0.394 e. The Morgan fingerprint density at radius 3 is 1.52 bits per heavy atom. The summed E-state index contributed by atoms with van der Waals surface area (Å²) in [4.78, 5) is 12.9. The van der Waals surface area contributed by atoms with Crippen LogP contribution in [-0.4, -0.2) is 87.5 Å². The zero-order chi connectivity index (χ0) is 40.9. The Labute approximate surface area is 342 Å². The summed E-state index contributed by atoms with van der Waals surface area (Å²) in [6.45, 7) is 3.71. The van der Waals surface area contributed by atoms with E-state index >= 15 is 0 Å². The number of aliphatic hydroxyl groups is 5. The van der Waals surface area contributed by atoms with Crippen molar-refractivity contribution in [2.45, 2.75) is 243 Å². The van der Waals surface area contributed by atoms with Gasteiger partial charge in [0.1, 0.15) is 24.4 Å². The predicted molar refractivity (Wildman–Crippen MR) is 230 cm³/mol. The van der Waals surface area contributed by atoms with Gasteiger partial charge in [-0.15, -0.1) is 0 Å². The fourth-order valence-corrected chi connectivity index (χ4v) is 7.17. The SMILES string of the molecule is CCCCCC/C=C/CC/C=C/C(O)C(COC1OC(CO)C(O)C(O)C1O)NC(=O)CCCCCCCCCCCCC/C=C\CCCCCCCCCC. The maximum Gasteiger partial charge on any atom is 0.220 e. The molecule has 0 aromatic carbocycles. The van der Waals surface area contributed by atoms with E-state index < -0.39 is 49.5 Å². The first-order valence-corrected chi connectivity index (χ1v) is 23.2. The molecule has 0 radical (unpaired) electrons. The molecule has 7 unspecified atom stereocenters. The molecule has 1 aliphatic heterocycles. The number of carbonyl (C=O) groups excluding carboxylic acids is 1. The van der Waals surface area contributed by atoms with E-state index in [0.717, 1.165) is 38.5 Å². The van der Waals surface area contributed by atoms with Gasteiger partial charge in [0.2, 0.25) is 5.91 Å². The second-order valence-electron chi connectivity index (χ2n) is 16.2. The van der Waals surface area contributed by atoms with Crippen LogP contribution in [0.15, 0.2) is 36.5 Å². The number of amides is 1.